The van der Waals surface area contributed by atoms with Gasteiger partial charge in [-0.25, -0.2) is 0 Å². The fourth-order valence-electron chi connectivity index (χ4n) is 3.61. The molecular formula is C15H31N. The van der Waals surface area contributed by atoms with Crippen LogP contribution in [-0.2, 0) is 0 Å². The Bertz CT molecular complexity index is 219. The van der Waals surface area contributed by atoms with Crippen molar-refractivity contribution < 1.29 is 0 Å². The first-order valence-corrected chi connectivity index (χ1v) is 6.82. The quantitative estimate of drug-likeness (QED) is 0.593. The molecule has 1 nitrogen and oxygen atoms in total. The van der Waals surface area contributed by atoms with Crippen LogP contribution in [0.5, 0.6) is 0 Å². The molecule has 0 aromatic rings. The van der Waals surface area contributed by atoms with Gasteiger partial charge in [-0.15, -0.1) is 0 Å². The van der Waals surface area contributed by atoms with Crippen molar-refractivity contribution in [2.24, 2.45) is 11.3 Å². The molecule has 0 N–H and O–H groups in total. The van der Waals surface area contributed by atoms with Crippen LogP contribution in [0.1, 0.15) is 68.2 Å². The zero-order valence-electron chi connectivity index (χ0n) is 12.6. The third-order valence-electron chi connectivity index (χ3n) is 4.20. The molecule has 0 aromatic heterocycles. The van der Waals surface area contributed by atoms with Crippen LogP contribution in [0.15, 0.2) is 0 Å². The second kappa shape index (κ2) is 4.33. The third kappa shape index (κ3) is 3.00. The van der Waals surface area contributed by atoms with Crippen LogP contribution in [-0.4, -0.2) is 22.5 Å². The van der Waals surface area contributed by atoms with E-state index >= 15 is 0 Å². The van der Waals surface area contributed by atoms with Crippen molar-refractivity contribution in [3.8, 4) is 0 Å². The Morgan fingerprint density at radius 1 is 0.812 bits per heavy atom. The molecule has 0 amide bonds. The van der Waals surface area contributed by atoms with Gasteiger partial charge in [0, 0.05) is 17.6 Å². The summed E-state index contributed by atoms with van der Waals surface area (Å²) in [6, 6.07) is 1.43. The van der Waals surface area contributed by atoms with Crippen LogP contribution < -0.4 is 0 Å². The van der Waals surface area contributed by atoms with E-state index in [1.54, 1.807) is 0 Å². The van der Waals surface area contributed by atoms with Gasteiger partial charge in [-0.3, -0.25) is 4.90 Å². The molecule has 2 atom stereocenters. The van der Waals surface area contributed by atoms with Crippen molar-refractivity contribution >= 4 is 0 Å². The summed E-state index contributed by atoms with van der Waals surface area (Å²) in [4.78, 5) is 2.70. The highest BCUT2D eigenvalue weighted by Crippen LogP contribution is 2.41. The maximum Gasteiger partial charge on any atom is 0.0130 e. The summed E-state index contributed by atoms with van der Waals surface area (Å²) in [6.07, 6.45) is 2.70. The van der Waals surface area contributed by atoms with Gasteiger partial charge in [0.05, 0.1) is 0 Å². The number of nitrogens with zero attached hydrogens (tertiary/aromatic N) is 1. The fourth-order valence-corrected chi connectivity index (χ4v) is 3.61. The number of hydrogen-bond donors (Lipinski definition) is 0. The Hall–Kier alpha value is -0.0400. The lowest BCUT2D eigenvalue weighted by molar-refractivity contribution is -0.0280. The highest BCUT2D eigenvalue weighted by Gasteiger charge is 2.40. The molecule has 1 aliphatic rings. The van der Waals surface area contributed by atoms with Crippen molar-refractivity contribution in [1.29, 1.82) is 0 Å². The second-order valence-electron chi connectivity index (χ2n) is 7.81. The summed E-state index contributed by atoms with van der Waals surface area (Å²) < 4.78 is 0. The second-order valence-corrected chi connectivity index (χ2v) is 7.81. The lowest BCUT2D eigenvalue weighted by atomic mass is 9.70. The number of likely N-dealkylation sites (tertiary alicyclic amines) is 1. The van der Waals surface area contributed by atoms with Crippen molar-refractivity contribution in [2.45, 2.75) is 85.9 Å². The summed E-state index contributed by atoms with van der Waals surface area (Å²) in [7, 11) is 0. The van der Waals surface area contributed by atoms with E-state index in [0.29, 0.717) is 23.0 Å². The highest BCUT2D eigenvalue weighted by molar-refractivity contribution is 4.94. The molecule has 0 bridgehead atoms. The molecule has 1 heteroatoms. The molecule has 96 valence electrons. The van der Waals surface area contributed by atoms with Gasteiger partial charge in [-0.1, -0.05) is 20.8 Å². The van der Waals surface area contributed by atoms with E-state index in [2.05, 4.69) is 60.3 Å². The van der Waals surface area contributed by atoms with E-state index < -0.39 is 0 Å². The number of rotatable bonds is 0. The predicted octanol–water partition coefficient (Wildman–Crippen LogP) is 4.32. The third-order valence-corrected chi connectivity index (χ3v) is 4.20. The maximum absolute atomic E-state index is 2.70. The Kier molecular flexibility index (Phi) is 3.79. The van der Waals surface area contributed by atoms with Crippen LogP contribution in [0, 0.1) is 11.3 Å². The normalized spacial score (nSPS) is 34.1. The molecule has 16 heavy (non-hydrogen) atoms. The summed E-state index contributed by atoms with van der Waals surface area (Å²) in [5.74, 6) is 0.871. The average molecular weight is 225 g/mol. The molecule has 0 spiro atoms. The highest BCUT2D eigenvalue weighted by atomic mass is 15.2. The molecule has 0 radical (unpaired) electrons. The Balaban J connectivity index is 2.80. The molecule has 1 rings (SSSR count). The van der Waals surface area contributed by atoms with Gasteiger partial charge in [-0.05, 0) is 58.8 Å². The molecule has 0 aliphatic carbocycles. The summed E-state index contributed by atoms with van der Waals surface area (Å²) in [5.41, 5.74) is 0.772. The first kappa shape index (κ1) is 14.0. The topological polar surface area (TPSA) is 3.24 Å². The molecule has 1 heterocycles. The van der Waals surface area contributed by atoms with Gasteiger partial charge < -0.3 is 0 Å². The minimum atomic E-state index is 0.307. The van der Waals surface area contributed by atoms with Gasteiger partial charge >= 0.3 is 0 Å². The average Bonchev–Trinajstić information content (AvgIpc) is 1.97. The lowest BCUT2D eigenvalue weighted by Gasteiger charge is -2.52. The smallest absolute Gasteiger partial charge is 0.0130 e. The van der Waals surface area contributed by atoms with Crippen molar-refractivity contribution in [3.63, 3.8) is 0 Å². The molecule has 0 aromatic carbocycles. The van der Waals surface area contributed by atoms with Crippen molar-refractivity contribution in [3.05, 3.63) is 0 Å². The minimum Gasteiger partial charge on any atom is -0.293 e. The molecule has 1 saturated heterocycles. The van der Waals surface area contributed by atoms with Crippen LogP contribution in [0.4, 0.5) is 0 Å². The van der Waals surface area contributed by atoms with Crippen molar-refractivity contribution in [1.82, 2.24) is 4.90 Å². The van der Waals surface area contributed by atoms with E-state index in [-0.39, 0.29) is 0 Å². The standard InChI is InChI=1S/C15H31N/c1-11-9-13(14(3,4)5)10-12(2)16(11)15(6,7)8/h11-13H,9-10H2,1-8H3. The summed E-state index contributed by atoms with van der Waals surface area (Å²) in [5, 5.41) is 0. The van der Waals surface area contributed by atoms with Gasteiger partial charge in [0.25, 0.3) is 0 Å². The number of piperidine rings is 1. The van der Waals surface area contributed by atoms with E-state index in [9.17, 15) is 0 Å². The van der Waals surface area contributed by atoms with Crippen LogP contribution in [0.25, 0.3) is 0 Å². The first-order valence-electron chi connectivity index (χ1n) is 6.82. The van der Waals surface area contributed by atoms with Crippen LogP contribution >= 0.6 is 0 Å². The molecule has 2 unspecified atom stereocenters. The zero-order chi connectivity index (χ0) is 12.7. The monoisotopic (exact) mass is 225 g/mol. The SMILES string of the molecule is CC1CC(C(C)(C)C)CC(C)N1C(C)(C)C. The molecule has 0 saturated carbocycles. The lowest BCUT2D eigenvalue weighted by Crippen LogP contribution is -2.56. The Morgan fingerprint density at radius 2 is 1.19 bits per heavy atom. The predicted molar refractivity (Wildman–Crippen MR) is 72.7 cm³/mol. The fraction of sp³-hybridized carbons (Fsp3) is 1.00. The van der Waals surface area contributed by atoms with Crippen LogP contribution in [0.3, 0.4) is 0 Å². The van der Waals surface area contributed by atoms with Crippen molar-refractivity contribution in [2.75, 3.05) is 0 Å². The first-order chi connectivity index (χ1) is 7.03. The molecule has 1 aliphatic heterocycles. The minimum absolute atomic E-state index is 0.307. The van der Waals surface area contributed by atoms with Gasteiger partial charge in [0.1, 0.15) is 0 Å². The molecule has 1 fully saturated rings. The Labute approximate surface area is 103 Å². The van der Waals surface area contributed by atoms with Gasteiger partial charge in [0.15, 0.2) is 0 Å². The maximum atomic E-state index is 2.70. The van der Waals surface area contributed by atoms with Gasteiger partial charge in [-0.2, -0.15) is 0 Å². The van der Waals surface area contributed by atoms with E-state index in [4.69, 9.17) is 0 Å². The van der Waals surface area contributed by atoms with Gasteiger partial charge in [0.2, 0.25) is 0 Å². The summed E-state index contributed by atoms with van der Waals surface area (Å²) >= 11 is 0. The van der Waals surface area contributed by atoms with E-state index in [0.717, 1.165) is 5.92 Å². The Morgan fingerprint density at radius 3 is 1.44 bits per heavy atom. The largest absolute Gasteiger partial charge is 0.293 e. The van der Waals surface area contributed by atoms with Crippen LogP contribution in [0.2, 0.25) is 0 Å². The van der Waals surface area contributed by atoms with E-state index in [1.165, 1.54) is 12.8 Å². The number of hydrogen-bond acceptors (Lipinski definition) is 1. The molecular weight excluding hydrogens is 194 g/mol. The zero-order valence-corrected chi connectivity index (χ0v) is 12.6. The summed E-state index contributed by atoms with van der Waals surface area (Å²) in [6.45, 7) is 19.0. The van der Waals surface area contributed by atoms with E-state index in [1.807, 2.05) is 0 Å².